The highest BCUT2D eigenvalue weighted by molar-refractivity contribution is 6.03. The van der Waals surface area contributed by atoms with E-state index in [0.29, 0.717) is 36.2 Å². The molecule has 2 aromatic heterocycles. The lowest BCUT2D eigenvalue weighted by atomic mass is 10.0. The van der Waals surface area contributed by atoms with Crippen molar-refractivity contribution in [1.82, 2.24) is 14.9 Å². The largest absolute Gasteiger partial charge is 0.383 e. The molecule has 9 nitrogen and oxygen atoms in total. The highest BCUT2D eigenvalue weighted by Gasteiger charge is 2.22. The number of carbonyl (C=O) groups is 2. The van der Waals surface area contributed by atoms with E-state index in [4.69, 9.17) is 16.0 Å². The van der Waals surface area contributed by atoms with Crippen molar-refractivity contribution in [2.24, 2.45) is 5.73 Å². The Labute approximate surface area is 184 Å². The van der Waals surface area contributed by atoms with Crippen LogP contribution in [0.2, 0.25) is 0 Å². The van der Waals surface area contributed by atoms with Gasteiger partial charge in [0.05, 0.1) is 18.8 Å². The maximum Gasteiger partial charge on any atom is 0.254 e. The number of carbonyl (C=O) groups excluding carboxylic acids is 2. The Kier molecular flexibility index (Phi) is 7.24. The molecule has 0 unspecified atom stereocenters. The first-order chi connectivity index (χ1) is 15.3. The van der Waals surface area contributed by atoms with Gasteiger partial charge in [0, 0.05) is 17.7 Å². The summed E-state index contributed by atoms with van der Waals surface area (Å²) in [6.45, 7) is 3.44. The van der Waals surface area contributed by atoms with Crippen LogP contribution < -0.4 is 16.8 Å². The Morgan fingerprint density at radius 2 is 1.94 bits per heavy atom. The van der Waals surface area contributed by atoms with Crippen molar-refractivity contribution in [3.63, 3.8) is 0 Å². The molecule has 0 spiro atoms. The van der Waals surface area contributed by atoms with Crippen molar-refractivity contribution in [2.75, 3.05) is 17.7 Å². The van der Waals surface area contributed by atoms with Gasteiger partial charge in [0.15, 0.2) is 0 Å². The van der Waals surface area contributed by atoms with Crippen LogP contribution in [0.3, 0.4) is 0 Å². The molecule has 2 amide bonds. The summed E-state index contributed by atoms with van der Waals surface area (Å²) in [7, 11) is 0. The first kappa shape index (κ1) is 23.0. The van der Waals surface area contributed by atoms with Gasteiger partial charge in [-0.15, -0.1) is 0 Å². The van der Waals surface area contributed by atoms with E-state index in [1.54, 1.807) is 35.0 Å². The Morgan fingerprint density at radius 1 is 1.22 bits per heavy atom. The van der Waals surface area contributed by atoms with Gasteiger partial charge >= 0.3 is 0 Å². The number of alkyl halides is 1. The summed E-state index contributed by atoms with van der Waals surface area (Å²) in [5.74, 6) is -0.441. The van der Waals surface area contributed by atoms with E-state index in [2.05, 4.69) is 15.6 Å². The minimum absolute atomic E-state index is 0.0369. The molecular weight excluding hydrogens is 415 g/mol. The summed E-state index contributed by atoms with van der Waals surface area (Å²) < 4.78 is 18.8. The highest BCUT2D eigenvalue weighted by Crippen LogP contribution is 2.29. The number of aromatic nitrogens is 3. The fourth-order valence-electron chi connectivity index (χ4n) is 3.32. The van der Waals surface area contributed by atoms with E-state index in [9.17, 15) is 14.0 Å². The molecular formula is C22H27FN6O3. The molecule has 0 atom stereocenters. The zero-order valence-electron chi connectivity index (χ0n) is 18.1. The second-order valence-electron chi connectivity index (χ2n) is 7.76. The number of benzene rings is 1. The molecule has 2 heterocycles. The van der Waals surface area contributed by atoms with Crippen LogP contribution in [-0.4, -0.2) is 33.4 Å². The van der Waals surface area contributed by atoms with Crippen LogP contribution in [0.15, 0.2) is 34.9 Å². The van der Waals surface area contributed by atoms with Gasteiger partial charge in [-0.3, -0.25) is 19.3 Å². The third-order valence-corrected chi connectivity index (χ3v) is 4.91. The highest BCUT2D eigenvalue weighted by atomic mass is 19.1. The number of nitrogens with two attached hydrogens (primary N) is 2. The van der Waals surface area contributed by atoms with Crippen LogP contribution in [0.5, 0.6) is 0 Å². The van der Waals surface area contributed by atoms with Crippen molar-refractivity contribution in [3.8, 4) is 11.3 Å². The molecule has 0 bridgehead atoms. The first-order valence-electron chi connectivity index (χ1n) is 10.4. The topological polar surface area (TPSA) is 142 Å². The number of nitrogens with one attached hydrogen (secondary N) is 1. The third-order valence-electron chi connectivity index (χ3n) is 4.91. The number of halogens is 1. The number of unbranched alkanes of at least 4 members (excludes halogenated alkanes) is 1. The maximum absolute atomic E-state index is 12.3. The van der Waals surface area contributed by atoms with E-state index in [-0.39, 0.29) is 42.3 Å². The standard InChI is InChI=1S/C22H27FN6O3/c1-13(2)29-21(24)19(22(25)31)20(27-29)15-8-6-14(7-9-15)11-17(30)26-18-12-16(28-32-18)5-3-4-10-23/h6-9,12-13H,3-5,10-11,24H2,1-2H3,(H2,25,31)(H,26,30). The average molecular weight is 442 g/mol. The van der Waals surface area contributed by atoms with Gasteiger partial charge in [0.1, 0.15) is 17.1 Å². The number of anilines is 2. The number of amides is 2. The Balaban J connectivity index is 1.67. The van der Waals surface area contributed by atoms with Gasteiger partial charge in [0.2, 0.25) is 11.8 Å². The fourth-order valence-corrected chi connectivity index (χ4v) is 3.32. The molecule has 0 aliphatic carbocycles. The van der Waals surface area contributed by atoms with Crippen LogP contribution in [0.4, 0.5) is 16.1 Å². The van der Waals surface area contributed by atoms with Crippen molar-refractivity contribution >= 4 is 23.5 Å². The van der Waals surface area contributed by atoms with Gasteiger partial charge in [-0.1, -0.05) is 29.4 Å². The minimum atomic E-state index is -0.649. The lowest BCUT2D eigenvalue weighted by molar-refractivity contribution is -0.115. The molecule has 0 radical (unpaired) electrons. The Bertz CT molecular complexity index is 1090. The lowest BCUT2D eigenvalue weighted by Gasteiger charge is -2.07. The third kappa shape index (κ3) is 5.32. The van der Waals surface area contributed by atoms with Crippen LogP contribution in [-0.2, 0) is 17.6 Å². The molecule has 3 rings (SSSR count). The summed E-state index contributed by atoms with van der Waals surface area (Å²) >= 11 is 0. The number of hydrogen-bond acceptors (Lipinski definition) is 6. The monoisotopic (exact) mass is 442 g/mol. The van der Waals surface area contributed by atoms with E-state index in [0.717, 1.165) is 5.56 Å². The van der Waals surface area contributed by atoms with Gasteiger partial charge in [-0.2, -0.15) is 5.10 Å². The quantitative estimate of drug-likeness (QED) is 0.411. The summed E-state index contributed by atoms with van der Waals surface area (Å²) in [5, 5.41) is 11.0. The fraction of sp³-hybridized carbons (Fsp3) is 0.364. The molecule has 170 valence electrons. The summed E-state index contributed by atoms with van der Waals surface area (Å²) in [5.41, 5.74) is 14.3. The molecule has 0 aliphatic heterocycles. The number of aryl methyl sites for hydroxylation is 1. The van der Waals surface area contributed by atoms with Crippen LogP contribution >= 0.6 is 0 Å². The van der Waals surface area contributed by atoms with Gasteiger partial charge in [-0.25, -0.2) is 4.68 Å². The van der Waals surface area contributed by atoms with Crippen molar-refractivity contribution in [1.29, 1.82) is 0 Å². The van der Waals surface area contributed by atoms with E-state index in [1.165, 1.54) is 0 Å². The number of nitrogen functional groups attached to an aromatic ring is 1. The molecule has 0 saturated carbocycles. The number of rotatable bonds is 10. The Hall–Kier alpha value is -3.69. The zero-order valence-corrected chi connectivity index (χ0v) is 18.1. The average Bonchev–Trinajstić information content (AvgIpc) is 3.32. The van der Waals surface area contributed by atoms with Crippen LogP contribution in [0, 0.1) is 0 Å². The van der Waals surface area contributed by atoms with E-state index >= 15 is 0 Å². The number of hydrogen-bond donors (Lipinski definition) is 3. The molecule has 3 aromatic rings. The predicted octanol–water partition coefficient (Wildman–Crippen LogP) is 3.27. The summed E-state index contributed by atoms with van der Waals surface area (Å²) in [6.07, 6.45) is 1.84. The molecule has 0 aliphatic rings. The molecule has 32 heavy (non-hydrogen) atoms. The van der Waals surface area contributed by atoms with E-state index < -0.39 is 5.91 Å². The molecule has 5 N–H and O–H groups in total. The predicted molar refractivity (Wildman–Crippen MR) is 119 cm³/mol. The van der Waals surface area contributed by atoms with Crippen LogP contribution in [0.1, 0.15) is 54.3 Å². The van der Waals surface area contributed by atoms with Gasteiger partial charge < -0.3 is 16.0 Å². The molecule has 1 aromatic carbocycles. The minimum Gasteiger partial charge on any atom is -0.383 e. The second kappa shape index (κ2) is 10.1. The molecule has 0 fully saturated rings. The van der Waals surface area contributed by atoms with Crippen molar-refractivity contribution < 1.29 is 18.5 Å². The van der Waals surface area contributed by atoms with Crippen molar-refractivity contribution in [2.45, 2.75) is 45.6 Å². The lowest BCUT2D eigenvalue weighted by Crippen LogP contribution is -2.15. The van der Waals surface area contributed by atoms with Gasteiger partial charge in [-0.05, 0) is 38.7 Å². The number of primary amides is 1. The second-order valence-corrected chi connectivity index (χ2v) is 7.76. The zero-order chi connectivity index (χ0) is 23.3. The SMILES string of the molecule is CC(C)n1nc(-c2ccc(CC(=O)Nc3cc(CCCCF)no3)cc2)c(C(N)=O)c1N. The molecule has 0 saturated heterocycles. The smallest absolute Gasteiger partial charge is 0.254 e. The van der Waals surface area contributed by atoms with E-state index in [1.807, 2.05) is 13.8 Å². The van der Waals surface area contributed by atoms with Crippen LogP contribution in [0.25, 0.3) is 11.3 Å². The number of nitrogens with zero attached hydrogens (tertiary/aromatic N) is 3. The van der Waals surface area contributed by atoms with Crippen molar-refractivity contribution in [3.05, 3.63) is 47.2 Å². The summed E-state index contributed by atoms with van der Waals surface area (Å²) in [6, 6.07) is 8.67. The normalized spacial score (nSPS) is 11.1. The molecule has 10 heteroatoms. The maximum atomic E-state index is 12.3. The summed E-state index contributed by atoms with van der Waals surface area (Å²) in [4.78, 5) is 24.2. The van der Waals surface area contributed by atoms with Gasteiger partial charge in [0.25, 0.3) is 5.91 Å². The Morgan fingerprint density at radius 3 is 2.56 bits per heavy atom. The first-order valence-corrected chi connectivity index (χ1v) is 10.4.